The van der Waals surface area contributed by atoms with Gasteiger partial charge < -0.3 is 15.0 Å². The van der Waals surface area contributed by atoms with Crippen molar-refractivity contribution in [3.05, 3.63) is 107 Å². The number of halogens is 3. The summed E-state index contributed by atoms with van der Waals surface area (Å²) in [5, 5.41) is 2.97. The molecule has 1 atom stereocenters. The first kappa shape index (κ1) is 29.5. The first-order chi connectivity index (χ1) is 20.2. The molecule has 0 bridgehead atoms. The second-order valence-corrected chi connectivity index (χ2v) is 10.7. The molecule has 0 radical (unpaired) electrons. The average molecular weight is 578 g/mol. The maximum Gasteiger partial charge on any atom is 0.416 e. The number of amides is 2. The van der Waals surface area contributed by atoms with Crippen molar-refractivity contribution in [2.45, 2.75) is 37.6 Å². The molecule has 3 aromatic rings. The molecular formula is C33H34F3N3O3. The number of anilines is 1. The molecule has 2 fully saturated rings. The molecule has 0 aromatic heterocycles. The summed E-state index contributed by atoms with van der Waals surface area (Å²) in [5.74, 6) is -0.0961. The van der Waals surface area contributed by atoms with Crippen LogP contribution in [0.25, 0.3) is 6.08 Å². The highest BCUT2D eigenvalue weighted by Gasteiger charge is 2.30. The Morgan fingerprint density at radius 2 is 1.67 bits per heavy atom. The fourth-order valence-corrected chi connectivity index (χ4v) is 5.43. The summed E-state index contributed by atoms with van der Waals surface area (Å²) >= 11 is 0. The van der Waals surface area contributed by atoms with Crippen molar-refractivity contribution in [1.82, 2.24) is 9.80 Å². The molecule has 0 saturated carbocycles. The van der Waals surface area contributed by atoms with Crippen molar-refractivity contribution in [3.63, 3.8) is 0 Å². The van der Waals surface area contributed by atoms with Gasteiger partial charge in [0.15, 0.2) is 0 Å². The van der Waals surface area contributed by atoms with Crippen LogP contribution in [0.3, 0.4) is 0 Å². The molecule has 1 N–H and O–H groups in total. The summed E-state index contributed by atoms with van der Waals surface area (Å²) in [6.07, 6.45) is -0.635. The normalized spacial score (nSPS) is 18.7. The number of piperidine rings is 1. The Morgan fingerprint density at radius 1 is 0.929 bits per heavy atom. The summed E-state index contributed by atoms with van der Waals surface area (Å²) in [6.45, 7) is 3.72. The number of ether oxygens (including phenoxy) is 1. The molecule has 0 aliphatic carbocycles. The van der Waals surface area contributed by atoms with Crippen LogP contribution in [0.15, 0.2) is 84.9 Å². The van der Waals surface area contributed by atoms with Gasteiger partial charge in [0.05, 0.1) is 12.2 Å². The Balaban J connectivity index is 1.08. The summed E-state index contributed by atoms with van der Waals surface area (Å²) in [7, 11) is 0. The van der Waals surface area contributed by atoms with E-state index in [1.54, 1.807) is 11.0 Å². The lowest BCUT2D eigenvalue weighted by Gasteiger charge is -2.32. The second-order valence-electron chi connectivity index (χ2n) is 10.7. The second kappa shape index (κ2) is 13.4. The number of nitrogens with zero attached hydrogens (tertiary/aromatic N) is 2. The van der Waals surface area contributed by atoms with Crippen LogP contribution in [0, 0.1) is 0 Å². The fourth-order valence-electron chi connectivity index (χ4n) is 5.43. The van der Waals surface area contributed by atoms with E-state index in [4.69, 9.17) is 4.74 Å². The predicted molar refractivity (Wildman–Crippen MR) is 156 cm³/mol. The fraction of sp³-hybridized carbons (Fsp3) is 0.333. The Bertz CT molecular complexity index is 1380. The van der Waals surface area contributed by atoms with Crippen LogP contribution < -0.4 is 5.32 Å². The molecule has 2 aliphatic heterocycles. The lowest BCUT2D eigenvalue weighted by atomic mass is 9.89. The lowest BCUT2D eigenvalue weighted by molar-refractivity contribution is -0.137. The topological polar surface area (TPSA) is 61.9 Å². The first-order valence-corrected chi connectivity index (χ1v) is 14.2. The average Bonchev–Trinajstić information content (AvgIpc) is 3.01. The SMILES string of the molecule is O=C(Nc1ccc(C2CCN(C(=O)/C=C/c3cccc(C(F)(F)F)c3)CC2)cc1)C1CN(Cc2ccccc2)CCO1. The summed E-state index contributed by atoms with van der Waals surface area (Å²) in [4.78, 5) is 29.5. The van der Waals surface area contributed by atoms with Crippen LogP contribution in [0.1, 0.15) is 41.0 Å². The van der Waals surface area contributed by atoms with Gasteiger partial charge in [-0.25, -0.2) is 0 Å². The predicted octanol–water partition coefficient (Wildman–Crippen LogP) is 5.96. The molecule has 0 spiro atoms. The number of carbonyl (C=O) groups excluding carboxylic acids is 2. The first-order valence-electron chi connectivity index (χ1n) is 14.2. The van der Waals surface area contributed by atoms with Crippen LogP contribution in [-0.2, 0) is 27.0 Å². The quantitative estimate of drug-likeness (QED) is 0.352. The Kier molecular flexibility index (Phi) is 9.39. The summed E-state index contributed by atoms with van der Waals surface area (Å²) in [6, 6.07) is 22.9. The van der Waals surface area contributed by atoms with Crippen molar-refractivity contribution in [3.8, 4) is 0 Å². The zero-order valence-electron chi connectivity index (χ0n) is 23.2. The van der Waals surface area contributed by atoms with Crippen molar-refractivity contribution in [2.75, 3.05) is 38.1 Å². The van der Waals surface area contributed by atoms with Gasteiger partial charge in [-0.15, -0.1) is 0 Å². The highest BCUT2D eigenvalue weighted by Crippen LogP contribution is 2.31. The molecule has 2 saturated heterocycles. The van der Waals surface area contributed by atoms with Crippen LogP contribution >= 0.6 is 0 Å². The molecule has 9 heteroatoms. The third-order valence-corrected chi connectivity index (χ3v) is 7.78. The Hall–Kier alpha value is -3.95. The number of carbonyl (C=O) groups is 2. The number of rotatable bonds is 7. The van der Waals surface area contributed by atoms with Crippen LogP contribution in [0.4, 0.5) is 18.9 Å². The van der Waals surface area contributed by atoms with Gasteiger partial charge in [0.25, 0.3) is 5.91 Å². The van der Waals surface area contributed by atoms with E-state index in [2.05, 4.69) is 22.3 Å². The van der Waals surface area contributed by atoms with Crippen LogP contribution in [0.2, 0.25) is 0 Å². The highest BCUT2D eigenvalue weighted by molar-refractivity contribution is 5.94. The highest BCUT2D eigenvalue weighted by atomic mass is 19.4. The molecule has 2 heterocycles. The summed E-state index contributed by atoms with van der Waals surface area (Å²) < 4.78 is 44.6. The molecule has 5 rings (SSSR count). The third kappa shape index (κ3) is 7.86. The van der Waals surface area contributed by atoms with E-state index in [0.717, 1.165) is 43.6 Å². The zero-order valence-corrected chi connectivity index (χ0v) is 23.2. The summed E-state index contributed by atoms with van der Waals surface area (Å²) in [5.41, 5.74) is 2.65. The molecule has 2 aliphatic rings. The van der Waals surface area contributed by atoms with Crippen LogP contribution in [-0.4, -0.2) is 60.5 Å². The third-order valence-electron chi connectivity index (χ3n) is 7.78. The van der Waals surface area contributed by atoms with Gasteiger partial charge in [0.1, 0.15) is 6.10 Å². The van der Waals surface area contributed by atoms with Crippen molar-refractivity contribution >= 4 is 23.6 Å². The van der Waals surface area contributed by atoms with Gasteiger partial charge in [-0.2, -0.15) is 13.2 Å². The Labute approximate surface area is 243 Å². The Morgan fingerprint density at radius 3 is 2.38 bits per heavy atom. The number of hydrogen-bond donors (Lipinski definition) is 1. The van der Waals surface area contributed by atoms with E-state index in [9.17, 15) is 22.8 Å². The largest absolute Gasteiger partial charge is 0.416 e. The minimum absolute atomic E-state index is 0.162. The standard InChI is InChI=1S/C33H34F3N3O3/c34-33(35,36)28-8-4-7-24(21-28)9-14-31(40)39-17-15-27(16-18-39)26-10-12-29(13-11-26)37-32(41)30-23-38(19-20-42-30)22-25-5-2-1-3-6-25/h1-14,21,27,30H,15-20,22-23H2,(H,37,41)/b14-9+. The van der Waals surface area contributed by atoms with E-state index >= 15 is 0 Å². The maximum atomic E-state index is 12.9. The van der Waals surface area contributed by atoms with E-state index in [-0.39, 0.29) is 17.7 Å². The van der Waals surface area contributed by atoms with Gasteiger partial charge in [-0.05, 0) is 65.8 Å². The van der Waals surface area contributed by atoms with E-state index in [0.29, 0.717) is 37.5 Å². The minimum Gasteiger partial charge on any atom is -0.366 e. The molecular weight excluding hydrogens is 543 g/mol. The zero-order chi connectivity index (χ0) is 29.5. The minimum atomic E-state index is -4.42. The number of hydrogen-bond acceptors (Lipinski definition) is 4. The molecule has 1 unspecified atom stereocenters. The van der Waals surface area contributed by atoms with Crippen molar-refractivity contribution < 1.29 is 27.5 Å². The smallest absolute Gasteiger partial charge is 0.366 e. The number of likely N-dealkylation sites (tertiary alicyclic amines) is 1. The van der Waals surface area contributed by atoms with E-state index in [1.165, 1.54) is 23.8 Å². The number of benzene rings is 3. The molecule has 6 nitrogen and oxygen atoms in total. The van der Waals surface area contributed by atoms with Gasteiger partial charge in [0.2, 0.25) is 5.91 Å². The maximum absolute atomic E-state index is 12.9. The molecule has 2 amide bonds. The van der Waals surface area contributed by atoms with Gasteiger partial charge >= 0.3 is 6.18 Å². The molecule has 3 aromatic carbocycles. The number of nitrogens with one attached hydrogen (secondary N) is 1. The van der Waals surface area contributed by atoms with Crippen LogP contribution in [0.5, 0.6) is 0 Å². The molecule has 220 valence electrons. The van der Waals surface area contributed by atoms with Crippen molar-refractivity contribution in [2.24, 2.45) is 0 Å². The number of morpholine rings is 1. The van der Waals surface area contributed by atoms with E-state index in [1.807, 2.05) is 42.5 Å². The van der Waals surface area contributed by atoms with E-state index < -0.39 is 17.8 Å². The monoisotopic (exact) mass is 577 g/mol. The molecule has 42 heavy (non-hydrogen) atoms. The van der Waals surface area contributed by atoms with Gasteiger partial charge in [0, 0.05) is 44.5 Å². The van der Waals surface area contributed by atoms with Crippen molar-refractivity contribution in [1.29, 1.82) is 0 Å². The van der Waals surface area contributed by atoms with Gasteiger partial charge in [-0.3, -0.25) is 14.5 Å². The van der Waals surface area contributed by atoms with Gasteiger partial charge in [-0.1, -0.05) is 54.6 Å². The lowest BCUT2D eigenvalue weighted by Crippen LogP contribution is -2.47. The number of alkyl halides is 3.